The standard InChI is InChI=1S/C12H14ClFN2S/c1-3-12(2)7-17-11(16-12)15-9-6-4-5-8(13)10(9)14/h4-6H,3,7H2,1-2H3,(H,15,16). The SMILES string of the molecule is CCC1(C)CSC(Nc2cccc(Cl)c2F)=N1. The van der Waals surface area contributed by atoms with E-state index in [1.54, 1.807) is 23.9 Å². The molecular weight excluding hydrogens is 259 g/mol. The fourth-order valence-corrected chi connectivity index (χ4v) is 2.85. The summed E-state index contributed by atoms with van der Waals surface area (Å²) in [6.45, 7) is 4.20. The first-order chi connectivity index (χ1) is 8.04. The molecule has 1 heterocycles. The van der Waals surface area contributed by atoms with Gasteiger partial charge < -0.3 is 5.32 Å². The van der Waals surface area contributed by atoms with Gasteiger partial charge in [-0.15, -0.1) is 0 Å². The van der Waals surface area contributed by atoms with E-state index >= 15 is 0 Å². The Morgan fingerprint density at radius 2 is 2.35 bits per heavy atom. The summed E-state index contributed by atoms with van der Waals surface area (Å²) in [5.74, 6) is 0.496. The molecule has 0 radical (unpaired) electrons. The zero-order valence-electron chi connectivity index (χ0n) is 9.76. The smallest absolute Gasteiger partial charge is 0.165 e. The summed E-state index contributed by atoms with van der Waals surface area (Å²) in [6.07, 6.45) is 0.975. The molecule has 1 aliphatic rings. The van der Waals surface area contributed by atoms with Crippen LogP contribution in [0.2, 0.25) is 5.02 Å². The highest BCUT2D eigenvalue weighted by atomic mass is 35.5. The molecule has 0 fully saturated rings. The molecule has 0 saturated carbocycles. The fraction of sp³-hybridized carbons (Fsp3) is 0.417. The molecule has 0 aliphatic carbocycles. The summed E-state index contributed by atoms with van der Waals surface area (Å²) < 4.78 is 13.7. The summed E-state index contributed by atoms with van der Waals surface area (Å²) in [4.78, 5) is 4.56. The Hall–Kier alpha value is -0.740. The van der Waals surface area contributed by atoms with Crippen LogP contribution in [0.4, 0.5) is 10.1 Å². The molecule has 17 heavy (non-hydrogen) atoms. The molecule has 0 saturated heterocycles. The molecule has 1 atom stereocenters. The summed E-state index contributed by atoms with van der Waals surface area (Å²) in [5.41, 5.74) is 0.339. The van der Waals surface area contributed by atoms with Crippen LogP contribution in [0.1, 0.15) is 20.3 Å². The van der Waals surface area contributed by atoms with Crippen molar-refractivity contribution in [2.24, 2.45) is 4.99 Å². The maximum Gasteiger partial charge on any atom is 0.165 e. The van der Waals surface area contributed by atoms with Crippen LogP contribution in [-0.4, -0.2) is 16.5 Å². The number of thioether (sulfide) groups is 1. The molecule has 92 valence electrons. The summed E-state index contributed by atoms with van der Waals surface area (Å²) in [5, 5.41) is 3.87. The molecule has 1 aliphatic heterocycles. The molecule has 1 aromatic rings. The Labute approximate surface area is 110 Å². The fourth-order valence-electron chi connectivity index (χ4n) is 1.49. The first-order valence-corrected chi connectivity index (χ1v) is 6.84. The number of amidine groups is 1. The molecule has 0 aromatic heterocycles. The zero-order valence-corrected chi connectivity index (χ0v) is 11.3. The maximum absolute atomic E-state index is 13.7. The number of aliphatic imine (C=N–C) groups is 1. The van der Waals surface area contributed by atoms with Crippen molar-refractivity contribution in [3.8, 4) is 0 Å². The third kappa shape index (κ3) is 2.75. The van der Waals surface area contributed by atoms with Gasteiger partial charge in [0.15, 0.2) is 11.0 Å². The van der Waals surface area contributed by atoms with E-state index in [0.29, 0.717) is 5.69 Å². The Bertz CT molecular complexity index is 464. The first kappa shape index (κ1) is 12.7. The topological polar surface area (TPSA) is 24.4 Å². The van der Waals surface area contributed by atoms with Gasteiger partial charge in [-0.25, -0.2) is 4.39 Å². The highest BCUT2D eigenvalue weighted by molar-refractivity contribution is 8.14. The monoisotopic (exact) mass is 272 g/mol. The van der Waals surface area contributed by atoms with E-state index < -0.39 is 5.82 Å². The number of nitrogens with zero attached hydrogens (tertiary/aromatic N) is 1. The Balaban J connectivity index is 2.18. The Kier molecular flexibility index (Phi) is 3.64. The average Bonchev–Trinajstić information content (AvgIpc) is 2.68. The van der Waals surface area contributed by atoms with Crippen LogP contribution in [0.3, 0.4) is 0 Å². The molecule has 0 spiro atoms. The van der Waals surface area contributed by atoms with Gasteiger partial charge in [0, 0.05) is 5.75 Å². The van der Waals surface area contributed by atoms with Gasteiger partial charge in [0.2, 0.25) is 0 Å². The van der Waals surface area contributed by atoms with Crippen LogP contribution in [-0.2, 0) is 0 Å². The van der Waals surface area contributed by atoms with Crippen LogP contribution in [0.15, 0.2) is 23.2 Å². The highest BCUT2D eigenvalue weighted by Gasteiger charge is 2.29. The minimum atomic E-state index is -0.428. The predicted octanol–water partition coefficient (Wildman–Crippen LogP) is 4.16. The van der Waals surface area contributed by atoms with Crippen molar-refractivity contribution in [2.45, 2.75) is 25.8 Å². The zero-order chi connectivity index (χ0) is 12.5. The number of hydrogen-bond donors (Lipinski definition) is 1. The second-order valence-corrected chi connectivity index (χ2v) is 5.65. The molecule has 1 unspecified atom stereocenters. The minimum Gasteiger partial charge on any atom is -0.333 e. The Morgan fingerprint density at radius 1 is 1.59 bits per heavy atom. The van der Waals surface area contributed by atoms with E-state index in [1.165, 1.54) is 6.07 Å². The van der Waals surface area contributed by atoms with Crippen molar-refractivity contribution in [3.63, 3.8) is 0 Å². The summed E-state index contributed by atoms with van der Waals surface area (Å²) >= 11 is 7.33. The molecule has 0 amide bonds. The van der Waals surface area contributed by atoms with Crippen LogP contribution in [0.5, 0.6) is 0 Å². The van der Waals surface area contributed by atoms with Crippen molar-refractivity contribution in [3.05, 3.63) is 29.0 Å². The van der Waals surface area contributed by atoms with Crippen LogP contribution in [0, 0.1) is 5.82 Å². The lowest BCUT2D eigenvalue weighted by atomic mass is 10.0. The molecular formula is C12H14ClFN2S. The summed E-state index contributed by atoms with van der Waals surface area (Å²) in [7, 11) is 0. The number of anilines is 1. The van der Waals surface area contributed by atoms with Gasteiger partial charge in [-0.05, 0) is 25.5 Å². The normalized spacial score (nSPS) is 23.6. The van der Waals surface area contributed by atoms with Gasteiger partial charge in [0.1, 0.15) is 0 Å². The molecule has 1 N–H and O–H groups in total. The van der Waals surface area contributed by atoms with Gasteiger partial charge in [-0.1, -0.05) is 36.4 Å². The second-order valence-electron chi connectivity index (χ2n) is 4.28. The number of rotatable bonds is 2. The van der Waals surface area contributed by atoms with E-state index in [2.05, 4.69) is 24.2 Å². The quantitative estimate of drug-likeness (QED) is 0.874. The second kappa shape index (κ2) is 4.86. The number of halogens is 2. The maximum atomic E-state index is 13.7. The lowest BCUT2D eigenvalue weighted by molar-refractivity contribution is 0.522. The van der Waals surface area contributed by atoms with Gasteiger partial charge in [-0.2, -0.15) is 0 Å². The molecule has 2 nitrogen and oxygen atoms in total. The van der Waals surface area contributed by atoms with Crippen molar-refractivity contribution >= 4 is 34.2 Å². The van der Waals surface area contributed by atoms with Crippen LogP contribution >= 0.6 is 23.4 Å². The van der Waals surface area contributed by atoms with Crippen molar-refractivity contribution in [1.82, 2.24) is 0 Å². The van der Waals surface area contributed by atoms with Crippen molar-refractivity contribution in [1.29, 1.82) is 0 Å². The molecule has 0 bridgehead atoms. The summed E-state index contributed by atoms with van der Waals surface area (Å²) in [6, 6.07) is 4.90. The lowest BCUT2D eigenvalue weighted by Crippen LogP contribution is -2.20. The third-order valence-electron chi connectivity index (χ3n) is 2.85. The number of benzene rings is 1. The van der Waals surface area contributed by atoms with E-state index in [4.69, 9.17) is 11.6 Å². The van der Waals surface area contributed by atoms with Crippen molar-refractivity contribution in [2.75, 3.05) is 11.1 Å². The van der Waals surface area contributed by atoms with Crippen LogP contribution in [0.25, 0.3) is 0 Å². The van der Waals surface area contributed by atoms with Gasteiger partial charge in [0.05, 0.1) is 16.2 Å². The molecule has 2 rings (SSSR count). The van der Waals surface area contributed by atoms with Crippen molar-refractivity contribution < 1.29 is 4.39 Å². The largest absolute Gasteiger partial charge is 0.333 e. The van der Waals surface area contributed by atoms with Gasteiger partial charge in [-0.3, -0.25) is 4.99 Å². The van der Waals surface area contributed by atoms with E-state index in [9.17, 15) is 4.39 Å². The first-order valence-electron chi connectivity index (χ1n) is 5.48. The minimum absolute atomic E-state index is 0.0396. The number of nitrogens with one attached hydrogen (secondary N) is 1. The third-order valence-corrected chi connectivity index (χ3v) is 4.37. The predicted molar refractivity (Wildman–Crippen MR) is 73.6 cm³/mol. The van der Waals surface area contributed by atoms with Crippen LogP contribution < -0.4 is 5.32 Å². The van der Waals surface area contributed by atoms with Gasteiger partial charge in [0.25, 0.3) is 0 Å². The molecule has 1 aromatic carbocycles. The van der Waals surface area contributed by atoms with E-state index in [1.807, 2.05) is 0 Å². The lowest BCUT2D eigenvalue weighted by Gasteiger charge is -2.15. The van der Waals surface area contributed by atoms with E-state index in [-0.39, 0.29) is 10.6 Å². The van der Waals surface area contributed by atoms with Gasteiger partial charge >= 0.3 is 0 Å². The Morgan fingerprint density at radius 3 is 3.00 bits per heavy atom. The number of hydrogen-bond acceptors (Lipinski definition) is 3. The molecule has 5 heteroatoms. The van der Waals surface area contributed by atoms with E-state index in [0.717, 1.165) is 17.3 Å². The average molecular weight is 273 g/mol. The highest BCUT2D eigenvalue weighted by Crippen LogP contribution is 2.31.